The lowest BCUT2D eigenvalue weighted by molar-refractivity contribution is -0.926. The van der Waals surface area contributed by atoms with Crippen LogP contribution in [0.15, 0.2) is 146 Å². The number of halogens is 2. The number of urea groups is 1. The molecule has 6 aromatic carbocycles. The topological polar surface area (TPSA) is 380 Å². The number of amides is 6. The van der Waals surface area contributed by atoms with Gasteiger partial charge in [-0.1, -0.05) is 92.2 Å². The predicted octanol–water partition coefficient (Wildman–Crippen LogP) is 10.8. The van der Waals surface area contributed by atoms with E-state index in [0.29, 0.717) is 143 Å². The molecule has 0 unspecified atom stereocenters. The molecule has 10 rings (SSSR count). The molecule has 1 saturated heterocycles. The van der Waals surface area contributed by atoms with Crippen molar-refractivity contribution in [2.75, 3.05) is 85.3 Å². The highest BCUT2D eigenvalue weighted by atomic mass is 35.5. The maximum Gasteiger partial charge on any atom is 0.408 e. The minimum atomic E-state index is -4.63. The van der Waals surface area contributed by atoms with Gasteiger partial charge in [-0.15, -0.1) is 11.3 Å². The molecule has 1 aliphatic heterocycles. The SMILES string of the molecule is COc1ccc(COC(=O)[C@@H](Cc2ccccc2OCc2ccnc(-c3ccccc3OC)n2)Oc2ncnc3sc(-c4ccc(F)cc4)c(-c4ccc(OCCN5CC[N+](C)(Cc6ccc(NC(=O)[C@H](CCCNC(N)=O)NC(=O)[C@@H](NC(=O)OC(C)(C)C)C(C)C)cc6CN(C)C(=O)[C@@H](N)CS(=O)(=O)O)CC5)c(Cl)c4C)c23)cc1. The van der Waals surface area contributed by atoms with E-state index in [-0.39, 0.29) is 63.7 Å². The summed E-state index contributed by atoms with van der Waals surface area (Å²) in [5, 5.41) is 11.5. The first-order valence-corrected chi connectivity index (χ1v) is 40.4. The van der Waals surface area contributed by atoms with Crippen LogP contribution in [0, 0.1) is 18.7 Å². The number of carbonyl (C=O) groups is 6. The summed E-state index contributed by atoms with van der Waals surface area (Å²) in [5.41, 5.74) is 17.3. The Hall–Kier alpha value is -11.1. The monoisotopic (exact) mass is 1650 g/mol. The summed E-state index contributed by atoms with van der Waals surface area (Å²) in [6.45, 7) is 14.1. The third-order valence-corrected chi connectivity index (χ3v) is 21.8. The lowest BCUT2D eigenvalue weighted by atomic mass is 9.96. The summed E-state index contributed by atoms with van der Waals surface area (Å²) in [7, 11) is 2.06. The molecule has 0 aliphatic carbocycles. The number of nitrogens with two attached hydrogens (primary N) is 2. The molecule has 616 valence electrons. The molecular formula is C83H98ClFN13O16S2+. The van der Waals surface area contributed by atoms with Crippen LogP contribution >= 0.6 is 22.9 Å². The van der Waals surface area contributed by atoms with Crippen LogP contribution in [0.3, 0.4) is 0 Å². The molecule has 116 heavy (non-hydrogen) atoms. The predicted molar refractivity (Wildman–Crippen MR) is 438 cm³/mol. The largest absolute Gasteiger partial charge is 0.497 e. The molecule has 1 fully saturated rings. The van der Waals surface area contributed by atoms with E-state index in [9.17, 15) is 46.1 Å². The fourth-order valence-electron chi connectivity index (χ4n) is 13.2. The zero-order chi connectivity index (χ0) is 83.6. The van der Waals surface area contributed by atoms with Crippen molar-refractivity contribution >= 4 is 84.8 Å². The molecule has 9 N–H and O–H groups in total. The van der Waals surface area contributed by atoms with Crippen LogP contribution in [-0.2, 0) is 71.5 Å². The van der Waals surface area contributed by atoms with Crippen molar-refractivity contribution in [3.63, 3.8) is 0 Å². The van der Waals surface area contributed by atoms with Crippen LogP contribution in [-0.4, -0.2) is 193 Å². The van der Waals surface area contributed by atoms with Crippen LogP contribution in [0.4, 0.5) is 19.7 Å². The number of fused-ring (bicyclic) bond motifs is 1. The van der Waals surface area contributed by atoms with Gasteiger partial charge in [0.2, 0.25) is 29.7 Å². The summed E-state index contributed by atoms with van der Waals surface area (Å²) in [4.78, 5) is 104. The lowest BCUT2D eigenvalue weighted by Gasteiger charge is -2.42. The molecule has 0 saturated carbocycles. The van der Waals surface area contributed by atoms with Gasteiger partial charge in [-0.3, -0.25) is 23.8 Å². The van der Waals surface area contributed by atoms with Gasteiger partial charge in [-0.25, -0.2) is 38.7 Å². The Kier molecular flexibility index (Phi) is 29.7. The average molecular weight is 1650 g/mol. The molecule has 3 aromatic heterocycles. The summed E-state index contributed by atoms with van der Waals surface area (Å²) in [6.07, 6.45) is 1.05. The number of methoxy groups -OCH3 is 2. The molecule has 0 radical (unpaired) electrons. The highest BCUT2D eigenvalue weighted by Crippen LogP contribution is 2.50. The van der Waals surface area contributed by atoms with E-state index in [4.69, 9.17) is 71.2 Å². The number of aromatic nitrogens is 4. The number of anilines is 1. The minimum Gasteiger partial charge on any atom is -0.497 e. The van der Waals surface area contributed by atoms with Crippen LogP contribution in [0.2, 0.25) is 5.02 Å². The Bertz CT molecular complexity index is 5090. The van der Waals surface area contributed by atoms with Crippen molar-refractivity contribution in [3.8, 4) is 61.8 Å². The smallest absolute Gasteiger partial charge is 0.408 e. The number of esters is 1. The molecule has 1 aliphatic rings. The first-order valence-electron chi connectivity index (χ1n) is 37.6. The summed E-state index contributed by atoms with van der Waals surface area (Å²) < 4.78 is 90.9. The number of carbonyl (C=O) groups excluding carboxylic acids is 6. The Morgan fingerprint density at radius 3 is 2.22 bits per heavy atom. The Morgan fingerprint density at radius 2 is 1.53 bits per heavy atom. The van der Waals surface area contributed by atoms with Crippen molar-refractivity contribution in [2.24, 2.45) is 17.4 Å². The molecule has 4 atom stereocenters. The molecule has 29 nitrogen and oxygen atoms in total. The first kappa shape index (κ1) is 87.3. The molecule has 0 spiro atoms. The number of primary amides is 1. The van der Waals surface area contributed by atoms with E-state index in [1.54, 1.807) is 122 Å². The molecule has 6 amide bonds. The molecule has 33 heteroatoms. The maximum atomic E-state index is 14.8. The second kappa shape index (κ2) is 39.5. The number of rotatable bonds is 36. The van der Waals surface area contributed by atoms with E-state index < -0.39 is 93.3 Å². The number of nitrogens with one attached hydrogen (secondary N) is 4. The van der Waals surface area contributed by atoms with Crippen LogP contribution in [0.1, 0.15) is 81.0 Å². The van der Waals surface area contributed by atoms with Gasteiger partial charge in [-0.2, -0.15) is 8.42 Å². The van der Waals surface area contributed by atoms with E-state index in [0.717, 1.165) is 5.56 Å². The number of piperazine rings is 1. The summed E-state index contributed by atoms with van der Waals surface area (Å²) in [5.74, 6) is -2.04. The number of benzene rings is 6. The van der Waals surface area contributed by atoms with E-state index in [1.807, 2.05) is 61.5 Å². The van der Waals surface area contributed by atoms with Gasteiger partial charge in [-0.05, 0) is 147 Å². The van der Waals surface area contributed by atoms with E-state index in [2.05, 4.69) is 38.2 Å². The minimum absolute atomic E-state index is 0.0331. The zero-order valence-corrected chi connectivity index (χ0v) is 68.7. The third kappa shape index (κ3) is 24.0. The van der Waals surface area contributed by atoms with Gasteiger partial charge in [0.05, 0.1) is 61.8 Å². The molecule has 0 bridgehead atoms. The number of likely N-dealkylation sites (N-methyl/N-ethyl adjacent to an activating group) is 2. The molecule has 4 heterocycles. The van der Waals surface area contributed by atoms with Gasteiger partial charge in [0, 0.05) is 74.1 Å². The average Bonchev–Trinajstić information content (AvgIpc) is 1.58. The highest BCUT2D eigenvalue weighted by Gasteiger charge is 2.35. The number of hydrogen-bond donors (Lipinski definition) is 7. The van der Waals surface area contributed by atoms with Gasteiger partial charge >= 0.3 is 18.1 Å². The maximum absolute atomic E-state index is 14.8. The number of nitrogens with zero attached hydrogens (tertiary/aromatic N) is 7. The Labute approximate surface area is 682 Å². The first-order chi connectivity index (χ1) is 55.2. The van der Waals surface area contributed by atoms with Crippen molar-refractivity contribution in [2.45, 2.75) is 117 Å². The number of hydrogen-bond acceptors (Lipinski definition) is 22. The van der Waals surface area contributed by atoms with Crippen molar-refractivity contribution in [1.29, 1.82) is 0 Å². The van der Waals surface area contributed by atoms with E-state index >= 15 is 0 Å². The third-order valence-electron chi connectivity index (χ3n) is 19.4. The Morgan fingerprint density at radius 1 is 0.810 bits per heavy atom. The van der Waals surface area contributed by atoms with Crippen LogP contribution in [0.5, 0.6) is 28.9 Å². The van der Waals surface area contributed by atoms with Gasteiger partial charge in [0.15, 0.2) is 5.82 Å². The number of alkyl carbamates (subject to hydrolysis) is 1. The quantitative estimate of drug-likeness (QED) is 0.00830. The van der Waals surface area contributed by atoms with Crippen molar-refractivity contribution in [3.05, 3.63) is 190 Å². The second-order valence-corrected chi connectivity index (χ2v) is 32.6. The molecule has 9 aromatic rings. The van der Waals surface area contributed by atoms with Crippen molar-refractivity contribution < 1.29 is 83.8 Å². The number of thiophene rings is 1. The zero-order valence-electron chi connectivity index (χ0n) is 66.3. The second-order valence-electron chi connectivity index (χ2n) is 29.8. The highest BCUT2D eigenvalue weighted by molar-refractivity contribution is 7.85. The van der Waals surface area contributed by atoms with Crippen LogP contribution < -0.4 is 56.4 Å². The fraction of sp³-hybridized carbons (Fsp3) is 0.373. The van der Waals surface area contributed by atoms with Crippen LogP contribution in [0.25, 0.3) is 43.2 Å². The van der Waals surface area contributed by atoms with E-state index in [1.165, 1.54) is 41.7 Å². The molecular weight excluding hydrogens is 1550 g/mol. The van der Waals surface area contributed by atoms with Gasteiger partial charge < -0.3 is 75.3 Å². The normalized spacial score (nSPS) is 14.0. The summed E-state index contributed by atoms with van der Waals surface area (Å²) in [6, 6.07) is 33.9. The summed E-state index contributed by atoms with van der Waals surface area (Å²) >= 11 is 8.71. The van der Waals surface area contributed by atoms with Gasteiger partial charge in [0.1, 0.15) is 90.1 Å². The van der Waals surface area contributed by atoms with Gasteiger partial charge in [0.25, 0.3) is 10.1 Å². The number of para-hydroxylation sites is 2. The standard InChI is InChI=1S/C83H97ClFN13O16S2/c1-50(2)72(95-82(104)114-83(4,5)6)76(100)94-64(18-15-34-89-81(87)103)75(99)93-58-28-25-55(56(42-58)44-96(7)79(101)63(86)48-116(105,106)107)45-98(8)39-36-97(37-40-98)38-41-110-67-32-31-61(51(3)71(67)84)69-70-77(90-49-91-78(70)115-73(69)53-23-26-57(85)27-24-53)113-68(80(102)112-46-52-21-29-60(108-9)30-22-52)43-54-16-11-13-19-65(54)111-47-59-33-35-88-74(92-59)62-17-12-14-20-66(62)109-10/h11-14,16-17,19-33,35,42,49-50,63-64,68,72H,15,18,34,36-41,43-48,86H2,1-10H3,(H6-,87,89,93,94,95,99,100,103,104,105,106,107)/p+1/t63-,64-,68+,72-/m0/s1. The number of ether oxygens (including phenoxy) is 7. The lowest BCUT2D eigenvalue weighted by Crippen LogP contribution is -2.57. The fourth-order valence-corrected chi connectivity index (χ4v) is 15.2. The number of quaternary nitrogens is 1. The van der Waals surface area contributed by atoms with Crippen molar-refractivity contribution in [1.82, 2.24) is 45.7 Å². The Balaban J connectivity index is 0.863.